The Morgan fingerprint density at radius 2 is 2.24 bits per heavy atom. The average molecular weight is 340 g/mol. The molecule has 1 atom stereocenters. The van der Waals surface area contributed by atoms with Gasteiger partial charge in [0.1, 0.15) is 22.6 Å². The Labute approximate surface area is 144 Å². The molecule has 1 aromatic carbocycles. The summed E-state index contributed by atoms with van der Waals surface area (Å²) >= 11 is 0. The molecule has 7 nitrogen and oxygen atoms in total. The van der Waals surface area contributed by atoms with Crippen LogP contribution >= 0.6 is 0 Å². The zero-order valence-electron chi connectivity index (χ0n) is 14.2. The highest BCUT2D eigenvalue weighted by molar-refractivity contribution is 5.74. The number of aromatic amines is 1. The first-order valence-electron chi connectivity index (χ1n) is 8.42. The smallest absolute Gasteiger partial charge is 0.262 e. The Balaban J connectivity index is 1.78. The van der Waals surface area contributed by atoms with Crippen molar-refractivity contribution in [2.75, 3.05) is 6.61 Å². The van der Waals surface area contributed by atoms with E-state index in [-0.39, 0.29) is 17.4 Å². The molecular weight excluding hydrogens is 320 g/mol. The van der Waals surface area contributed by atoms with Crippen molar-refractivity contribution < 1.29 is 9.84 Å². The van der Waals surface area contributed by atoms with Crippen molar-refractivity contribution in [3.63, 3.8) is 0 Å². The molecule has 1 unspecified atom stereocenters. The summed E-state index contributed by atoms with van der Waals surface area (Å²) in [5, 5.41) is 15.1. The molecule has 2 N–H and O–H groups in total. The number of benzene rings is 1. The van der Waals surface area contributed by atoms with Crippen LogP contribution in [0.2, 0.25) is 0 Å². The largest absolute Gasteiger partial charge is 0.506 e. The van der Waals surface area contributed by atoms with E-state index in [9.17, 15) is 9.90 Å². The number of aromatic nitrogens is 4. The van der Waals surface area contributed by atoms with Gasteiger partial charge in [-0.1, -0.05) is 6.07 Å². The first kappa shape index (κ1) is 15.8. The molecule has 0 radical (unpaired) electrons. The van der Waals surface area contributed by atoms with Crippen molar-refractivity contribution >= 4 is 11.0 Å². The van der Waals surface area contributed by atoms with Gasteiger partial charge in [-0.05, 0) is 43.9 Å². The monoisotopic (exact) mass is 340 g/mol. The highest BCUT2D eigenvalue weighted by atomic mass is 16.5. The molecule has 4 rings (SSSR count). The Bertz CT molecular complexity index is 976. The molecule has 1 aliphatic rings. The Kier molecular flexibility index (Phi) is 3.80. The van der Waals surface area contributed by atoms with Crippen LogP contribution in [0, 0.1) is 13.8 Å². The van der Waals surface area contributed by atoms with E-state index in [4.69, 9.17) is 4.74 Å². The van der Waals surface area contributed by atoms with E-state index in [1.807, 2.05) is 19.9 Å². The number of phenolic OH excluding ortho intramolecular Hbond substituents is 1. The van der Waals surface area contributed by atoms with Crippen LogP contribution in [-0.2, 0) is 11.2 Å². The fraction of sp³-hybridized carbons (Fsp3) is 0.389. The minimum Gasteiger partial charge on any atom is -0.506 e. The van der Waals surface area contributed by atoms with Gasteiger partial charge in [-0.15, -0.1) is 5.10 Å². The number of rotatable bonds is 3. The van der Waals surface area contributed by atoms with Gasteiger partial charge in [-0.3, -0.25) is 4.79 Å². The third-order valence-electron chi connectivity index (χ3n) is 4.54. The number of H-pyrrole nitrogens is 1. The van der Waals surface area contributed by atoms with Crippen molar-refractivity contribution in [3.8, 4) is 11.4 Å². The number of nitrogens with one attached hydrogen (secondary N) is 1. The van der Waals surface area contributed by atoms with Gasteiger partial charge in [0.05, 0.1) is 6.10 Å². The lowest BCUT2D eigenvalue weighted by Crippen LogP contribution is -2.17. The van der Waals surface area contributed by atoms with E-state index in [1.54, 1.807) is 12.3 Å². The van der Waals surface area contributed by atoms with E-state index in [2.05, 4.69) is 15.1 Å². The lowest BCUT2D eigenvalue weighted by Gasteiger charge is -2.09. The van der Waals surface area contributed by atoms with E-state index in [0.29, 0.717) is 29.0 Å². The maximum atomic E-state index is 12.4. The topological polar surface area (TPSA) is 93.0 Å². The number of hydrogen-bond donors (Lipinski definition) is 2. The molecule has 3 aromatic rings. The molecule has 1 fully saturated rings. The number of fused-ring (bicyclic) bond motifs is 1. The van der Waals surface area contributed by atoms with Crippen LogP contribution in [0.1, 0.15) is 29.8 Å². The molecule has 2 aromatic heterocycles. The third kappa shape index (κ3) is 2.91. The van der Waals surface area contributed by atoms with Crippen LogP contribution < -0.4 is 5.56 Å². The number of aromatic hydroxyl groups is 1. The average Bonchev–Trinajstić information content (AvgIpc) is 3.16. The summed E-state index contributed by atoms with van der Waals surface area (Å²) < 4.78 is 7.13. The zero-order valence-corrected chi connectivity index (χ0v) is 14.2. The summed E-state index contributed by atoms with van der Waals surface area (Å²) in [4.78, 5) is 19.7. The normalized spacial score (nSPS) is 17.4. The predicted octanol–water partition coefficient (Wildman–Crippen LogP) is 2.15. The standard InChI is InChI=1S/C18H20N4O3/c1-10-6-11(2)16(14(23)7-10)22-9-13-17(21-22)19-15(20-18(13)24)8-12-4-3-5-25-12/h6-7,9,12,23H,3-5,8H2,1-2H3,(H,19,20,21,24). The molecule has 1 aliphatic heterocycles. The number of hydrogen-bond acceptors (Lipinski definition) is 5. The maximum Gasteiger partial charge on any atom is 0.262 e. The second-order valence-electron chi connectivity index (χ2n) is 6.61. The van der Waals surface area contributed by atoms with Crippen LogP contribution in [-0.4, -0.2) is 37.6 Å². The summed E-state index contributed by atoms with van der Waals surface area (Å²) in [6.07, 6.45) is 4.30. The van der Waals surface area contributed by atoms with Crippen LogP contribution in [0.4, 0.5) is 0 Å². The van der Waals surface area contributed by atoms with Gasteiger partial charge in [-0.25, -0.2) is 9.67 Å². The zero-order chi connectivity index (χ0) is 17.6. The van der Waals surface area contributed by atoms with Crippen LogP contribution in [0.25, 0.3) is 16.7 Å². The van der Waals surface area contributed by atoms with Crippen molar-refractivity contribution in [1.29, 1.82) is 0 Å². The van der Waals surface area contributed by atoms with Gasteiger partial charge in [0.25, 0.3) is 5.56 Å². The van der Waals surface area contributed by atoms with Gasteiger partial charge in [0.2, 0.25) is 0 Å². The second-order valence-corrected chi connectivity index (χ2v) is 6.61. The lowest BCUT2D eigenvalue weighted by atomic mass is 10.1. The number of ether oxygens (including phenoxy) is 1. The van der Waals surface area contributed by atoms with Gasteiger partial charge in [0, 0.05) is 19.2 Å². The lowest BCUT2D eigenvalue weighted by molar-refractivity contribution is 0.110. The van der Waals surface area contributed by atoms with E-state index >= 15 is 0 Å². The van der Waals surface area contributed by atoms with Crippen molar-refractivity contribution in [3.05, 3.63) is 45.6 Å². The fourth-order valence-corrected chi connectivity index (χ4v) is 3.43. The molecular formula is C18H20N4O3. The summed E-state index contributed by atoms with van der Waals surface area (Å²) in [7, 11) is 0. The first-order valence-corrected chi connectivity index (χ1v) is 8.42. The van der Waals surface area contributed by atoms with Gasteiger partial charge in [0.15, 0.2) is 5.65 Å². The van der Waals surface area contributed by atoms with Crippen LogP contribution in [0.3, 0.4) is 0 Å². The van der Waals surface area contributed by atoms with E-state index in [0.717, 1.165) is 30.6 Å². The molecule has 0 spiro atoms. The van der Waals surface area contributed by atoms with Crippen molar-refractivity contribution in [2.45, 2.75) is 39.2 Å². The fourth-order valence-electron chi connectivity index (χ4n) is 3.43. The van der Waals surface area contributed by atoms with Crippen LogP contribution in [0.15, 0.2) is 23.1 Å². The molecule has 0 bridgehead atoms. The molecule has 130 valence electrons. The molecule has 25 heavy (non-hydrogen) atoms. The SMILES string of the molecule is Cc1cc(C)c(-n2cc3c(=O)[nH]c(CC4CCCO4)nc3n2)c(O)c1. The van der Waals surface area contributed by atoms with Crippen molar-refractivity contribution in [1.82, 2.24) is 19.7 Å². The Morgan fingerprint density at radius 3 is 2.96 bits per heavy atom. The van der Waals surface area contributed by atoms with Crippen molar-refractivity contribution in [2.24, 2.45) is 0 Å². The first-order chi connectivity index (χ1) is 12.0. The quantitative estimate of drug-likeness (QED) is 0.762. The van der Waals surface area contributed by atoms with E-state index < -0.39 is 0 Å². The minimum atomic E-state index is -0.228. The Morgan fingerprint density at radius 1 is 1.40 bits per heavy atom. The maximum absolute atomic E-state index is 12.4. The number of aryl methyl sites for hydroxylation is 2. The Hall–Kier alpha value is -2.67. The predicted molar refractivity (Wildman–Crippen MR) is 93.3 cm³/mol. The second kappa shape index (κ2) is 6.00. The molecule has 0 saturated carbocycles. The highest BCUT2D eigenvalue weighted by Crippen LogP contribution is 2.27. The molecule has 1 saturated heterocycles. The van der Waals surface area contributed by atoms with E-state index in [1.165, 1.54) is 4.68 Å². The molecule has 7 heteroatoms. The number of nitrogens with zero attached hydrogens (tertiary/aromatic N) is 3. The van der Waals surface area contributed by atoms with Gasteiger partial charge >= 0.3 is 0 Å². The van der Waals surface area contributed by atoms with Gasteiger partial charge < -0.3 is 14.8 Å². The highest BCUT2D eigenvalue weighted by Gasteiger charge is 2.19. The summed E-state index contributed by atoms with van der Waals surface area (Å²) in [6, 6.07) is 3.64. The summed E-state index contributed by atoms with van der Waals surface area (Å²) in [5.41, 5.74) is 2.54. The number of phenols is 1. The summed E-state index contributed by atoms with van der Waals surface area (Å²) in [6.45, 7) is 4.58. The molecule has 0 aliphatic carbocycles. The molecule has 3 heterocycles. The van der Waals surface area contributed by atoms with Gasteiger partial charge in [-0.2, -0.15) is 0 Å². The molecule has 0 amide bonds. The van der Waals surface area contributed by atoms with Crippen LogP contribution in [0.5, 0.6) is 5.75 Å². The third-order valence-corrected chi connectivity index (χ3v) is 4.54. The minimum absolute atomic E-state index is 0.103. The summed E-state index contributed by atoms with van der Waals surface area (Å²) in [5.74, 6) is 0.709.